The molecule has 0 unspecified atom stereocenters. The fraction of sp³-hybridized carbons (Fsp3) is 0.222. The van der Waals surface area contributed by atoms with Crippen LogP contribution in [0.3, 0.4) is 0 Å². The molecule has 3 amide bonds. The van der Waals surface area contributed by atoms with Gasteiger partial charge in [-0.15, -0.1) is 0 Å². The molecule has 1 aliphatic heterocycles. The Kier molecular flexibility index (Phi) is 3.92. The number of rotatable bonds is 4. The van der Waals surface area contributed by atoms with Crippen LogP contribution in [0.15, 0.2) is 54.6 Å². The van der Waals surface area contributed by atoms with Crippen molar-refractivity contribution in [3.8, 4) is 0 Å². The van der Waals surface area contributed by atoms with Crippen molar-refractivity contribution in [3.05, 3.63) is 71.3 Å². The first-order valence-electron chi connectivity index (χ1n) is 7.35. The Labute approximate surface area is 129 Å². The maximum Gasteiger partial charge on any atom is 0.325 e. The van der Waals surface area contributed by atoms with Crippen molar-refractivity contribution in [2.24, 2.45) is 0 Å². The Morgan fingerprint density at radius 3 is 2.41 bits per heavy atom. The number of amides is 3. The van der Waals surface area contributed by atoms with Crippen LogP contribution in [0, 0.1) is 6.92 Å². The second-order valence-corrected chi connectivity index (χ2v) is 5.54. The molecule has 1 fully saturated rings. The Balaban J connectivity index is 1.73. The van der Waals surface area contributed by atoms with Gasteiger partial charge < -0.3 is 5.32 Å². The maximum atomic E-state index is 12.5. The van der Waals surface area contributed by atoms with Gasteiger partial charge >= 0.3 is 6.03 Å². The number of aryl methyl sites for hydroxylation is 1. The van der Waals surface area contributed by atoms with Crippen LogP contribution in [0.4, 0.5) is 4.79 Å². The highest BCUT2D eigenvalue weighted by Gasteiger charge is 2.37. The molecular weight excluding hydrogens is 276 g/mol. The van der Waals surface area contributed by atoms with E-state index in [9.17, 15) is 9.59 Å². The highest BCUT2D eigenvalue weighted by molar-refractivity contribution is 6.04. The van der Waals surface area contributed by atoms with Crippen molar-refractivity contribution in [2.45, 2.75) is 25.9 Å². The van der Waals surface area contributed by atoms with Gasteiger partial charge in [0.15, 0.2) is 0 Å². The van der Waals surface area contributed by atoms with Crippen molar-refractivity contribution >= 4 is 11.9 Å². The Bertz CT molecular complexity index is 697. The zero-order valence-electron chi connectivity index (χ0n) is 12.5. The fourth-order valence-corrected chi connectivity index (χ4v) is 2.67. The average molecular weight is 294 g/mol. The van der Waals surface area contributed by atoms with Gasteiger partial charge in [-0.05, 0) is 23.6 Å². The largest absolute Gasteiger partial charge is 0.325 e. The Morgan fingerprint density at radius 2 is 1.68 bits per heavy atom. The number of carbonyl (C=O) groups is 2. The summed E-state index contributed by atoms with van der Waals surface area (Å²) in [6, 6.07) is 16.7. The summed E-state index contributed by atoms with van der Waals surface area (Å²) < 4.78 is 0. The molecule has 1 N–H and O–H groups in total. The molecule has 0 aromatic heterocycles. The number of nitrogens with zero attached hydrogens (tertiary/aromatic N) is 1. The number of nitrogens with one attached hydrogen (secondary N) is 1. The lowest BCUT2D eigenvalue weighted by Crippen LogP contribution is -2.32. The number of hydrogen-bond acceptors (Lipinski definition) is 2. The topological polar surface area (TPSA) is 49.4 Å². The van der Waals surface area contributed by atoms with Crippen LogP contribution in [0.5, 0.6) is 0 Å². The first-order valence-corrected chi connectivity index (χ1v) is 7.35. The lowest BCUT2D eigenvalue weighted by atomic mass is 10.1. The highest BCUT2D eigenvalue weighted by Crippen LogP contribution is 2.17. The van der Waals surface area contributed by atoms with Crippen molar-refractivity contribution in [3.63, 3.8) is 0 Å². The lowest BCUT2D eigenvalue weighted by Gasteiger charge is -2.14. The van der Waals surface area contributed by atoms with Gasteiger partial charge in [0, 0.05) is 6.42 Å². The van der Waals surface area contributed by atoms with Crippen LogP contribution in [-0.2, 0) is 17.8 Å². The van der Waals surface area contributed by atoms with Crippen molar-refractivity contribution < 1.29 is 9.59 Å². The zero-order chi connectivity index (χ0) is 15.5. The molecule has 0 bridgehead atoms. The number of urea groups is 1. The smallest absolute Gasteiger partial charge is 0.325 e. The zero-order valence-corrected chi connectivity index (χ0v) is 12.5. The first kappa shape index (κ1) is 14.3. The number of hydrogen-bond donors (Lipinski definition) is 1. The molecule has 0 radical (unpaired) electrons. The third-order valence-corrected chi connectivity index (χ3v) is 3.98. The monoisotopic (exact) mass is 294 g/mol. The molecule has 1 aliphatic rings. The van der Waals surface area contributed by atoms with Crippen molar-refractivity contribution in [1.29, 1.82) is 0 Å². The fourth-order valence-electron chi connectivity index (χ4n) is 2.67. The summed E-state index contributed by atoms with van der Waals surface area (Å²) in [6.07, 6.45) is 0.523. The van der Waals surface area contributed by atoms with Crippen LogP contribution >= 0.6 is 0 Å². The van der Waals surface area contributed by atoms with Crippen LogP contribution in [0.25, 0.3) is 0 Å². The molecule has 112 valence electrons. The van der Waals surface area contributed by atoms with Gasteiger partial charge in [0.2, 0.25) is 0 Å². The van der Waals surface area contributed by atoms with E-state index in [1.54, 1.807) is 0 Å². The van der Waals surface area contributed by atoms with Crippen LogP contribution in [0.2, 0.25) is 0 Å². The molecule has 0 spiro atoms. The van der Waals surface area contributed by atoms with Gasteiger partial charge in [-0.25, -0.2) is 4.79 Å². The first-order chi connectivity index (χ1) is 10.6. The SMILES string of the molecule is Cc1ccccc1CN1C(=O)N[C@H](Cc2ccccc2)C1=O. The van der Waals surface area contributed by atoms with E-state index in [-0.39, 0.29) is 11.9 Å². The molecule has 0 aliphatic carbocycles. The van der Waals surface area contributed by atoms with E-state index >= 15 is 0 Å². The van der Waals surface area contributed by atoms with E-state index in [2.05, 4.69) is 5.32 Å². The molecule has 3 rings (SSSR count). The van der Waals surface area contributed by atoms with Crippen LogP contribution in [-0.4, -0.2) is 22.9 Å². The molecule has 1 saturated heterocycles. The molecule has 2 aromatic carbocycles. The Morgan fingerprint density at radius 1 is 1.00 bits per heavy atom. The maximum absolute atomic E-state index is 12.5. The van der Waals surface area contributed by atoms with Crippen LogP contribution in [0.1, 0.15) is 16.7 Å². The summed E-state index contributed by atoms with van der Waals surface area (Å²) in [6.45, 7) is 2.30. The van der Waals surface area contributed by atoms with E-state index < -0.39 is 6.04 Å². The number of imide groups is 1. The number of carbonyl (C=O) groups excluding carboxylic acids is 2. The average Bonchev–Trinajstić information content (AvgIpc) is 2.78. The predicted octanol–water partition coefficient (Wildman–Crippen LogP) is 2.66. The second-order valence-electron chi connectivity index (χ2n) is 5.54. The van der Waals surface area contributed by atoms with Gasteiger partial charge in [0.25, 0.3) is 5.91 Å². The minimum absolute atomic E-state index is 0.155. The van der Waals surface area contributed by atoms with E-state index in [4.69, 9.17) is 0 Å². The summed E-state index contributed by atoms with van der Waals surface area (Å²) in [5.74, 6) is -0.155. The number of benzene rings is 2. The minimum Gasteiger partial charge on any atom is -0.325 e. The summed E-state index contributed by atoms with van der Waals surface area (Å²) in [4.78, 5) is 25.9. The summed E-state index contributed by atoms with van der Waals surface area (Å²) in [7, 11) is 0. The summed E-state index contributed by atoms with van der Waals surface area (Å²) in [5.41, 5.74) is 3.11. The highest BCUT2D eigenvalue weighted by atomic mass is 16.2. The second kappa shape index (κ2) is 6.02. The normalized spacial score (nSPS) is 17.7. The van der Waals surface area contributed by atoms with Gasteiger partial charge in [-0.3, -0.25) is 9.69 Å². The molecule has 2 aromatic rings. The molecule has 0 saturated carbocycles. The Hall–Kier alpha value is -2.62. The molecular formula is C18H18N2O2. The standard InChI is InChI=1S/C18H18N2O2/c1-13-7-5-6-10-15(13)12-20-17(21)16(19-18(20)22)11-14-8-3-2-4-9-14/h2-10,16H,11-12H2,1H3,(H,19,22)/t16-/m1/s1. The molecule has 1 atom stereocenters. The summed E-state index contributed by atoms with van der Waals surface area (Å²) >= 11 is 0. The third-order valence-electron chi connectivity index (χ3n) is 3.98. The van der Waals surface area contributed by atoms with Gasteiger partial charge in [-0.1, -0.05) is 54.6 Å². The van der Waals surface area contributed by atoms with E-state index in [1.807, 2.05) is 61.5 Å². The van der Waals surface area contributed by atoms with Crippen molar-refractivity contribution in [1.82, 2.24) is 10.2 Å². The van der Waals surface area contributed by atoms with Gasteiger partial charge in [0.1, 0.15) is 6.04 Å². The van der Waals surface area contributed by atoms with Gasteiger partial charge in [0.05, 0.1) is 6.54 Å². The molecule has 4 heteroatoms. The van der Waals surface area contributed by atoms with Crippen LogP contribution < -0.4 is 5.32 Å². The minimum atomic E-state index is -0.473. The lowest BCUT2D eigenvalue weighted by molar-refractivity contribution is -0.127. The van der Waals surface area contributed by atoms with Crippen molar-refractivity contribution in [2.75, 3.05) is 0 Å². The van der Waals surface area contributed by atoms with Gasteiger partial charge in [-0.2, -0.15) is 0 Å². The van der Waals surface area contributed by atoms with E-state index in [1.165, 1.54) is 4.90 Å². The van der Waals surface area contributed by atoms with E-state index in [0.29, 0.717) is 13.0 Å². The molecule has 4 nitrogen and oxygen atoms in total. The quantitative estimate of drug-likeness (QED) is 0.881. The molecule has 22 heavy (non-hydrogen) atoms. The van der Waals surface area contributed by atoms with E-state index in [0.717, 1.165) is 16.7 Å². The summed E-state index contributed by atoms with van der Waals surface area (Å²) in [5, 5.41) is 2.78. The predicted molar refractivity (Wildman–Crippen MR) is 84.2 cm³/mol. The molecule has 1 heterocycles. The third kappa shape index (κ3) is 2.86.